The molecule has 0 saturated heterocycles. The largest absolute Gasteiger partial charge is 0.326 e. The zero-order chi connectivity index (χ0) is 28.2. The Hall–Kier alpha value is -2.77. The number of hydrogen-bond acceptors (Lipinski definition) is 2. The molecule has 0 heterocycles. The zero-order valence-corrected chi connectivity index (χ0v) is 25.5. The third-order valence-electron chi connectivity index (χ3n) is 9.71. The number of hydrogen-bond donors (Lipinski definition) is 2. The van der Waals surface area contributed by atoms with Crippen LogP contribution in [0.15, 0.2) is 78.9 Å². The Balaban J connectivity index is 1.58. The average Bonchev–Trinajstić information content (AvgIpc) is 3.05. The van der Waals surface area contributed by atoms with Crippen LogP contribution < -0.4 is 16.8 Å². The molecule has 2 aliphatic carbocycles. The van der Waals surface area contributed by atoms with Crippen LogP contribution in [0.2, 0.25) is 0 Å². The molecule has 4 N–H and O–H groups in total. The van der Waals surface area contributed by atoms with Crippen molar-refractivity contribution in [2.24, 2.45) is 11.5 Å². The van der Waals surface area contributed by atoms with Gasteiger partial charge in [-0.15, -0.1) is 9.24 Å². The fraction of sp³-hybridized carbons (Fsp3) is 0.368. The third-order valence-corrected chi connectivity index (χ3v) is 10.3. The first-order chi connectivity index (χ1) is 20.2. The van der Waals surface area contributed by atoms with Crippen molar-refractivity contribution in [3.05, 3.63) is 101 Å². The lowest BCUT2D eigenvalue weighted by atomic mass is 9.74. The quantitative estimate of drug-likeness (QED) is 0.221. The van der Waals surface area contributed by atoms with Crippen molar-refractivity contribution >= 4 is 14.5 Å². The zero-order valence-electron chi connectivity index (χ0n) is 24.4. The molecule has 3 heteroatoms. The monoisotopic (exact) mass is 560 g/mol. The van der Waals surface area contributed by atoms with E-state index in [9.17, 15) is 0 Å². The molecular formula is C38H45N2P. The fourth-order valence-electron chi connectivity index (χ4n) is 7.45. The summed E-state index contributed by atoms with van der Waals surface area (Å²) >= 11 is 0. The van der Waals surface area contributed by atoms with Gasteiger partial charge in [0.05, 0.1) is 0 Å². The summed E-state index contributed by atoms with van der Waals surface area (Å²) in [4.78, 5) is 0. The molecule has 0 amide bonds. The molecule has 41 heavy (non-hydrogen) atoms. The van der Waals surface area contributed by atoms with Gasteiger partial charge in [0.1, 0.15) is 0 Å². The summed E-state index contributed by atoms with van der Waals surface area (Å²) in [5.41, 5.74) is 25.2. The van der Waals surface area contributed by atoms with E-state index in [2.05, 4.69) is 88.1 Å². The van der Waals surface area contributed by atoms with Crippen LogP contribution in [0.3, 0.4) is 0 Å². The second kappa shape index (κ2) is 13.0. The summed E-state index contributed by atoms with van der Waals surface area (Å²) in [7, 11) is 3.26. The van der Waals surface area contributed by atoms with Crippen LogP contribution in [-0.4, -0.2) is 0 Å². The maximum atomic E-state index is 5.95. The molecule has 0 bridgehead atoms. The highest BCUT2D eigenvalue weighted by molar-refractivity contribution is 7.28. The van der Waals surface area contributed by atoms with Crippen LogP contribution in [0, 0.1) is 0 Å². The molecule has 4 aromatic rings. The standard InChI is InChI=1S/C38H45N2P/c39-24-26-14-18-29(19-15-26)32-12-7-13-33(30-20-16-27(25-40)17-21-30)37(32)35-23-22-34(28-8-3-1-4-9-28)36(38(35)41)31-10-5-2-6-11-31/h7,12-23,28,31H,1-6,8-11,24-25,39-41H2. The van der Waals surface area contributed by atoms with Crippen LogP contribution in [0.1, 0.15) is 98.3 Å². The highest BCUT2D eigenvalue weighted by atomic mass is 31.0. The Kier molecular flexibility index (Phi) is 9.01. The first kappa shape index (κ1) is 28.4. The molecule has 2 fully saturated rings. The highest BCUT2D eigenvalue weighted by Crippen LogP contribution is 2.45. The molecule has 4 aromatic carbocycles. The van der Waals surface area contributed by atoms with Gasteiger partial charge < -0.3 is 11.5 Å². The molecule has 2 saturated carbocycles. The van der Waals surface area contributed by atoms with Crippen molar-refractivity contribution in [1.29, 1.82) is 0 Å². The summed E-state index contributed by atoms with van der Waals surface area (Å²) in [5.74, 6) is 1.37. The van der Waals surface area contributed by atoms with Crippen LogP contribution in [0.5, 0.6) is 0 Å². The Morgan fingerprint density at radius 2 is 1.02 bits per heavy atom. The van der Waals surface area contributed by atoms with Gasteiger partial charge in [-0.3, -0.25) is 0 Å². The second-order valence-corrected chi connectivity index (χ2v) is 12.8. The van der Waals surface area contributed by atoms with Crippen LogP contribution in [0.4, 0.5) is 0 Å². The van der Waals surface area contributed by atoms with Crippen molar-refractivity contribution in [2.75, 3.05) is 0 Å². The fourth-order valence-corrected chi connectivity index (χ4v) is 8.10. The first-order valence-electron chi connectivity index (χ1n) is 15.8. The van der Waals surface area contributed by atoms with Gasteiger partial charge in [-0.1, -0.05) is 117 Å². The minimum absolute atomic E-state index is 0.559. The van der Waals surface area contributed by atoms with Crippen LogP contribution in [0.25, 0.3) is 33.4 Å². The lowest BCUT2D eigenvalue weighted by molar-refractivity contribution is 0.420. The van der Waals surface area contributed by atoms with Gasteiger partial charge >= 0.3 is 0 Å². The molecule has 0 aromatic heterocycles. The molecule has 1 atom stereocenters. The topological polar surface area (TPSA) is 52.0 Å². The van der Waals surface area contributed by atoms with Gasteiger partial charge in [0.25, 0.3) is 0 Å². The van der Waals surface area contributed by atoms with Crippen molar-refractivity contribution < 1.29 is 0 Å². The summed E-state index contributed by atoms with van der Waals surface area (Å²) in [6.07, 6.45) is 13.5. The molecule has 0 radical (unpaired) electrons. The first-order valence-corrected chi connectivity index (χ1v) is 16.4. The van der Waals surface area contributed by atoms with Gasteiger partial charge in [0.15, 0.2) is 0 Å². The lowest BCUT2D eigenvalue weighted by Gasteiger charge is -2.32. The van der Waals surface area contributed by atoms with Gasteiger partial charge in [0.2, 0.25) is 0 Å². The van der Waals surface area contributed by atoms with Crippen molar-refractivity contribution in [1.82, 2.24) is 0 Å². The molecule has 0 aliphatic heterocycles. The van der Waals surface area contributed by atoms with Crippen LogP contribution >= 0.6 is 9.24 Å². The Bertz CT molecular complexity index is 1390. The van der Waals surface area contributed by atoms with Crippen molar-refractivity contribution in [3.63, 3.8) is 0 Å². The number of nitrogens with two attached hydrogens (primary N) is 2. The van der Waals surface area contributed by atoms with E-state index in [-0.39, 0.29) is 0 Å². The normalized spacial score (nSPS) is 16.7. The molecule has 6 rings (SSSR count). The summed E-state index contributed by atoms with van der Waals surface area (Å²) < 4.78 is 0. The molecular weight excluding hydrogens is 515 g/mol. The molecule has 0 spiro atoms. The number of benzene rings is 4. The molecule has 212 valence electrons. The molecule has 2 aliphatic rings. The van der Waals surface area contributed by atoms with Crippen LogP contribution in [-0.2, 0) is 13.1 Å². The lowest BCUT2D eigenvalue weighted by Crippen LogP contribution is -2.20. The summed E-state index contributed by atoms with van der Waals surface area (Å²) in [6, 6.07) is 29.4. The highest BCUT2D eigenvalue weighted by Gasteiger charge is 2.28. The summed E-state index contributed by atoms with van der Waals surface area (Å²) in [6.45, 7) is 1.12. The molecule has 1 unspecified atom stereocenters. The van der Waals surface area contributed by atoms with Gasteiger partial charge in [-0.05, 0) is 98.5 Å². The van der Waals surface area contributed by atoms with E-state index < -0.39 is 0 Å². The van der Waals surface area contributed by atoms with Crippen molar-refractivity contribution in [3.8, 4) is 33.4 Å². The van der Waals surface area contributed by atoms with Gasteiger partial charge in [-0.2, -0.15) is 0 Å². The van der Waals surface area contributed by atoms with Crippen molar-refractivity contribution in [2.45, 2.75) is 89.1 Å². The average molecular weight is 561 g/mol. The summed E-state index contributed by atoms with van der Waals surface area (Å²) in [5, 5.41) is 1.42. The van der Waals surface area contributed by atoms with Gasteiger partial charge in [-0.25, -0.2) is 0 Å². The SMILES string of the molecule is NCc1ccc(-c2cccc(-c3ccc(CN)cc3)c2-c2ccc(C3CCCCC3)c(C3CCCCC3)c2P)cc1. The van der Waals surface area contributed by atoms with E-state index in [0.29, 0.717) is 24.9 Å². The van der Waals surface area contributed by atoms with E-state index in [1.807, 2.05) is 0 Å². The third kappa shape index (κ3) is 5.94. The maximum Gasteiger partial charge on any atom is 0.0178 e. The van der Waals surface area contributed by atoms with E-state index in [1.165, 1.54) is 103 Å². The minimum Gasteiger partial charge on any atom is -0.326 e. The second-order valence-electron chi connectivity index (χ2n) is 12.2. The van der Waals surface area contributed by atoms with E-state index in [4.69, 9.17) is 11.5 Å². The Labute approximate surface area is 249 Å². The predicted molar refractivity (Wildman–Crippen MR) is 180 cm³/mol. The van der Waals surface area contributed by atoms with E-state index in [1.54, 1.807) is 11.1 Å². The molecule has 2 nitrogen and oxygen atoms in total. The van der Waals surface area contributed by atoms with Gasteiger partial charge in [0, 0.05) is 13.1 Å². The predicted octanol–water partition coefficient (Wildman–Crippen LogP) is 9.20. The maximum absolute atomic E-state index is 5.95. The minimum atomic E-state index is 0.559. The smallest absolute Gasteiger partial charge is 0.0178 e. The van der Waals surface area contributed by atoms with E-state index >= 15 is 0 Å². The number of rotatable bonds is 7. The Morgan fingerprint density at radius 1 is 0.537 bits per heavy atom. The Morgan fingerprint density at radius 3 is 1.51 bits per heavy atom. The van der Waals surface area contributed by atoms with E-state index in [0.717, 1.165) is 11.1 Å².